The van der Waals surface area contributed by atoms with Gasteiger partial charge in [0.25, 0.3) is 5.91 Å². The van der Waals surface area contributed by atoms with Crippen molar-refractivity contribution in [2.45, 2.75) is 25.9 Å². The first-order valence-corrected chi connectivity index (χ1v) is 11.2. The molecular weight excluding hydrogens is 474 g/mol. The van der Waals surface area contributed by atoms with Gasteiger partial charge in [0.15, 0.2) is 0 Å². The largest absolute Gasteiger partial charge is 0.376 e. The summed E-state index contributed by atoms with van der Waals surface area (Å²) in [4.78, 5) is 24.8. The van der Waals surface area contributed by atoms with E-state index in [9.17, 15) is 9.59 Å². The molecule has 9 heteroatoms. The average Bonchev–Trinajstić information content (AvgIpc) is 3.44. The van der Waals surface area contributed by atoms with Crippen LogP contribution in [-0.4, -0.2) is 41.0 Å². The van der Waals surface area contributed by atoms with Gasteiger partial charge in [-0.1, -0.05) is 15.9 Å². The van der Waals surface area contributed by atoms with Gasteiger partial charge in [-0.3, -0.25) is 4.79 Å². The molecule has 32 heavy (non-hydrogen) atoms. The van der Waals surface area contributed by atoms with Gasteiger partial charge in [0.1, 0.15) is 0 Å². The van der Waals surface area contributed by atoms with E-state index in [0.717, 1.165) is 35.3 Å². The molecule has 2 aromatic carbocycles. The molecule has 1 fully saturated rings. The molecule has 166 valence electrons. The Balaban J connectivity index is 1.33. The molecule has 0 radical (unpaired) electrons. The zero-order valence-electron chi connectivity index (χ0n) is 17.6. The number of nitrogens with zero attached hydrogens (tertiary/aromatic N) is 2. The van der Waals surface area contributed by atoms with E-state index in [1.54, 1.807) is 35.1 Å². The van der Waals surface area contributed by atoms with Gasteiger partial charge < -0.3 is 20.7 Å². The molecule has 0 aliphatic carbocycles. The molecule has 1 aliphatic heterocycles. The number of benzene rings is 2. The molecule has 3 aromatic rings. The van der Waals surface area contributed by atoms with Crippen LogP contribution in [0, 0.1) is 6.92 Å². The number of halogens is 1. The summed E-state index contributed by atoms with van der Waals surface area (Å²) in [5.74, 6) is -0.249. The molecule has 1 unspecified atom stereocenters. The molecular formula is C23H24BrN5O3. The lowest BCUT2D eigenvalue weighted by Crippen LogP contribution is -2.35. The van der Waals surface area contributed by atoms with E-state index < -0.39 is 0 Å². The Labute approximate surface area is 194 Å². The van der Waals surface area contributed by atoms with Crippen LogP contribution in [0.4, 0.5) is 16.2 Å². The first-order chi connectivity index (χ1) is 15.5. The summed E-state index contributed by atoms with van der Waals surface area (Å²) < 4.78 is 8.19. The number of anilines is 2. The predicted molar refractivity (Wildman–Crippen MR) is 126 cm³/mol. The lowest BCUT2D eigenvalue weighted by molar-refractivity contribution is 0.102. The molecule has 0 saturated carbocycles. The van der Waals surface area contributed by atoms with Crippen LogP contribution in [-0.2, 0) is 4.74 Å². The second-order valence-corrected chi connectivity index (χ2v) is 8.45. The zero-order valence-corrected chi connectivity index (χ0v) is 19.2. The molecule has 0 bridgehead atoms. The highest BCUT2D eigenvalue weighted by atomic mass is 79.9. The first kappa shape index (κ1) is 22.0. The third-order valence-corrected chi connectivity index (χ3v) is 5.77. The van der Waals surface area contributed by atoms with Crippen LogP contribution in [0.1, 0.15) is 28.9 Å². The normalized spacial score (nSPS) is 15.4. The minimum atomic E-state index is -0.284. The number of hydrogen-bond acceptors (Lipinski definition) is 4. The van der Waals surface area contributed by atoms with Crippen molar-refractivity contribution in [3.63, 3.8) is 0 Å². The Morgan fingerprint density at radius 1 is 1.09 bits per heavy atom. The van der Waals surface area contributed by atoms with E-state index >= 15 is 0 Å². The summed E-state index contributed by atoms with van der Waals surface area (Å²) in [6.07, 6.45) is 3.65. The van der Waals surface area contributed by atoms with Crippen molar-refractivity contribution in [2.24, 2.45) is 0 Å². The summed E-state index contributed by atoms with van der Waals surface area (Å²) >= 11 is 3.42. The number of ether oxygens (including phenoxy) is 1. The maximum Gasteiger partial charge on any atom is 0.319 e. The molecule has 8 nitrogen and oxygen atoms in total. The minimum absolute atomic E-state index is 0.0925. The van der Waals surface area contributed by atoms with Crippen LogP contribution in [0.15, 0.2) is 59.2 Å². The Morgan fingerprint density at radius 3 is 2.44 bits per heavy atom. The van der Waals surface area contributed by atoms with Crippen molar-refractivity contribution >= 4 is 39.2 Å². The molecule has 1 saturated heterocycles. The van der Waals surface area contributed by atoms with Gasteiger partial charge in [0.2, 0.25) is 0 Å². The maximum atomic E-state index is 12.7. The van der Waals surface area contributed by atoms with Crippen molar-refractivity contribution in [3.8, 4) is 5.69 Å². The molecule has 0 spiro atoms. The summed E-state index contributed by atoms with van der Waals surface area (Å²) in [5, 5.41) is 12.8. The molecule has 4 rings (SSSR count). The number of aromatic nitrogens is 2. The quantitative estimate of drug-likeness (QED) is 0.467. The van der Waals surface area contributed by atoms with Gasteiger partial charge in [-0.25, -0.2) is 9.48 Å². The monoisotopic (exact) mass is 497 g/mol. The fourth-order valence-electron chi connectivity index (χ4n) is 3.50. The molecule has 3 amide bonds. The summed E-state index contributed by atoms with van der Waals surface area (Å²) in [6.45, 7) is 3.10. The molecule has 1 aliphatic rings. The fourth-order valence-corrected chi connectivity index (χ4v) is 3.76. The predicted octanol–water partition coefficient (Wildman–Crippen LogP) is 4.50. The second-order valence-electron chi connectivity index (χ2n) is 7.53. The third kappa shape index (κ3) is 5.35. The highest BCUT2D eigenvalue weighted by Gasteiger charge is 2.17. The number of carbonyl (C=O) groups is 2. The van der Waals surface area contributed by atoms with Gasteiger partial charge in [0.05, 0.1) is 29.2 Å². The highest BCUT2D eigenvalue weighted by Crippen LogP contribution is 2.19. The number of hydrogen-bond donors (Lipinski definition) is 3. The van der Waals surface area contributed by atoms with E-state index in [1.807, 2.05) is 31.2 Å². The topological polar surface area (TPSA) is 97.3 Å². The number of urea groups is 1. The number of rotatable bonds is 6. The van der Waals surface area contributed by atoms with Crippen LogP contribution in [0.3, 0.4) is 0 Å². The van der Waals surface area contributed by atoms with Gasteiger partial charge in [-0.05, 0) is 68.3 Å². The molecule has 2 heterocycles. The zero-order chi connectivity index (χ0) is 22.5. The van der Waals surface area contributed by atoms with Crippen molar-refractivity contribution < 1.29 is 14.3 Å². The molecule has 3 N–H and O–H groups in total. The average molecular weight is 498 g/mol. The summed E-state index contributed by atoms with van der Waals surface area (Å²) in [5.41, 5.74) is 3.36. The van der Waals surface area contributed by atoms with Crippen LogP contribution < -0.4 is 16.0 Å². The van der Waals surface area contributed by atoms with Gasteiger partial charge in [-0.2, -0.15) is 5.10 Å². The van der Waals surface area contributed by atoms with Crippen LogP contribution in [0.2, 0.25) is 0 Å². The van der Waals surface area contributed by atoms with Crippen molar-refractivity contribution in [3.05, 3.63) is 70.5 Å². The van der Waals surface area contributed by atoms with E-state index in [-0.39, 0.29) is 18.0 Å². The Morgan fingerprint density at radius 2 is 1.78 bits per heavy atom. The first-order valence-electron chi connectivity index (χ1n) is 10.4. The maximum absolute atomic E-state index is 12.7. The fraction of sp³-hybridized carbons (Fsp3) is 0.261. The summed E-state index contributed by atoms with van der Waals surface area (Å²) in [6, 6.07) is 14.4. The Bertz CT molecular complexity index is 1090. The SMILES string of the molecule is Cc1c(C(=O)Nc2ccc(NC(=O)NCC3CCCO3)cc2)cnn1-c1ccc(Br)cc1. The van der Waals surface area contributed by atoms with Gasteiger partial charge in [-0.15, -0.1) is 0 Å². The number of amides is 3. The number of nitrogens with one attached hydrogen (secondary N) is 3. The second kappa shape index (κ2) is 9.97. The molecule has 1 aromatic heterocycles. The highest BCUT2D eigenvalue weighted by molar-refractivity contribution is 9.10. The smallest absolute Gasteiger partial charge is 0.319 e. The van der Waals surface area contributed by atoms with Crippen molar-refractivity contribution in [1.29, 1.82) is 0 Å². The third-order valence-electron chi connectivity index (χ3n) is 5.24. The van der Waals surface area contributed by atoms with Crippen LogP contribution in [0.25, 0.3) is 5.69 Å². The Hall–Kier alpha value is -3.17. The van der Waals surface area contributed by atoms with Gasteiger partial charge >= 0.3 is 6.03 Å². The van der Waals surface area contributed by atoms with Crippen molar-refractivity contribution in [1.82, 2.24) is 15.1 Å². The number of carbonyl (C=O) groups excluding carboxylic acids is 2. The van der Waals surface area contributed by atoms with E-state index in [2.05, 4.69) is 37.0 Å². The lowest BCUT2D eigenvalue weighted by Gasteiger charge is -2.12. The lowest BCUT2D eigenvalue weighted by atomic mass is 10.2. The van der Waals surface area contributed by atoms with Crippen LogP contribution >= 0.6 is 15.9 Å². The Kier molecular flexibility index (Phi) is 6.87. The van der Waals surface area contributed by atoms with E-state index in [4.69, 9.17) is 4.74 Å². The van der Waals surface area contributed by atoms with Crippen molar-refractivity contribution in [2.75, 3.05) is 23.8 Å². The van der Waals surface area contributed by atoms with E-state index in [0.29, 0.717) is 23.5 Å². The molecule has 1 atom stereocenters. The van der Waals surface area contributed by atoms with Gasteiger partial charge in [0, 0.05) is 29.0 Å². The summed E-state index contributed by atoms with van der Waals surface area (Å²) in [7, 11) is 0. The van der Waals surface area contributed by atoms with E-state index in [1.165, 1.54) is 0 Å². The standard InChI is InChI=1S/C23H24BrN5O3/c1-15-21(14-26-29(15)19-10-4-16(24)5-11-19)22(30)27-17-6-8-18(9-7-17)28-23(31)25-13-20-3-2-12-32-20/h4-11,14,20H,2-3,12-13H2,1H3,(H,27,30)(H2,25,28,31). The minimum Gasteiger partial charge on any atom is -0.376 e. The van der Waals surface area contributed by atoms with Crippen LogP contribution in [0.5, 0.6) is 0 Å².